The summed E-state index contributed by atoms with van der Waals surface area (Å²) < 4.78 is 0. The van der Waals surface area contributed by atoms with Crippen LogP contribution in [0.15, 0.2) is 42.6 Å². The summed E-state index contributed by atoms with van der Waals surface area (Å²) in [5.41, 5.74) is 3.71. The standard InChI is InChI=1S/C16H16BN3O2/c1-17-14-5-3-2-4-13(14)16(22)20-11-6-10-7-12(9-21)19-15(10)18-8-11/h2-8,17,21H,9H2,1H3,(H,18,19)(H,20,22). The summed E-state index contributed by atoms with van der Waals surface area (Å²) in [6, 6.07) is 11.2. The van der Waals surface area contributed by atoms with Crippen molar-refractivity contribution in [3.05, 3.63) is 53.9 Å². The second-order valence-corrected chi connectivity index (χ2v) is 5.08. The maximum absolute atomic E-state index is 12.4. The number of aromatic nitrogens is 2. The van der Waals surface area contributed by atoms with E-state index in [2.05, 4.69) is 15.3 Å². The Kier molecular flexibility index (Phi) is 3.93. The van der Waals surface area contributed by atoms with Crippen molar-refractivity contribution < 1.29 is 9.90 Å². The minimum atomic E-state index is -0.142. The third kappa shape index (κ3) is 2.73. The SMILES string of the molecule is CBc1ccccc1C(=O)Nc1cnc2[nH]c(CO)cc2c1. The normalized spacial score (nSPS) is 10.6. The molecule has 1 aromatic carbocycles. The number of aliphatic hydroxyl groups is 1. The van der Waals surface area contributed by atoms with Crippen molar-refractivity contribution in [1.82, 2.24) is 9.97 Å². The van der Waals surface area contributed by atoms with Crippen LogP contribution in [0.4, 0.5) is 5.69 Å². The molecule has 3 N–H and O–H groups in total. The third-order valence-electron chi connectivity index (χ3n) is 3.60. The quantitative estimate of drug-likeness (QED) is 0.637. The maximum atomic E-state index is 12.4. The molecule has 0 spiro atoms. The van der Waals surface area contributed by atoms with Gasteiger partial charge in [-0.05, 0) is 12.1 Å². The van der Waals surface area contributed by atoms with E-state index in [1.807, 2.05) is 43.2 Å². The molecule has 0 radical (unpaired) electrons. The van der Waals surface area contributed by atoms with Gasteiger partial charge in [-0.3, -0.25) is 4.79 Å². The van der Waals surface area contributed by atoms with Crippen molar-refractivity contribution in [3.63, 3.8) is 0 Å². The number of benzene rings is 1. The Morgan fingerprint density at radius 3 is 2.95 bits per heavy atom. The number of rotatable bonds is 4. The lowest BCUT2D eigenvalue weighted by atomic mass is 9.71. The van der Waals surface area contributed by atoms with E-state index in [4.69, 9.17) is 5.11 Å². The zero-order chi connectivity index (χ0) is 15.5. The molecule has 0 aliphatic carbocycles. The van der Waals surface area contributed by atoms with Gasteiger partial charge in [0.1, 0.15) is 5.65 Å². The van der Waals surface area contributed by atoms with Crippen molar-refractivity contribution in [2.45, 2.75) is 13.4 Å². The van der Waals surface area contributed by atoms with Gasteiger partial charge >= 0.3 is 0 Å². The molecule has 3 aromatic rings. The topological polar surface area (TPSA) is 78.0 Å². The number of fused-ring (bicyclic) bond motifs is 1. The molecule has 0 bridgehead atoms. The Bertz CT molecular complexity index is 829. The molecule has 2 aromatic heterocycles. The van der Waals surface area contributed by atoms with Crippen LogP contribution in [0.5, 0.6) is 0 Å². The highest BCUT2D eigenvalue weighted by atomic mass is 16.3. The van der Waals surface area contributed by atoms with E-state index in [0.29, 0.717) is 22.6 Å². The van der Waals surface area contributed by atoms with Gasteiger partial charge in [0, 0.05) is 16.6 Å². The Morgan fingerprint density at radius 1 is 1.36 bits per heavy atom. The lowest BCUT2D eigenvalue weighted by Gasteiger charge is -2.08. The number of anilines is 1. The van der Waals surface area contributed by atoms with Gasteiger partial charge in [0.25, 0.3) is 5.91 Å². The highest BCUT2D eigenvalue weighted by molar-refractivity contribution is 6.54. The van der Waals surface area contributed by atoms with E-state index in [-0.39, 0.29) is 12.5 Å². The predicted molar refractivity (Wildman–Crippen MR) is 89.1 cm³/mol. The molecular formula is C16H16BN3O2. The molecule has 110 valence electrons. The fourth-order valence-corrected chi connectivity index (χ4v) is 2.47. The van der Waals surface area contributed by atoms with Crippen molar-refractivity contribution in [2.24, 2.45) is 0 Å². The minimum absolute atomic E-state index is 0.0675. The summed E-state index contributed by atoms with van der Waals surface area (Å²) in [6.45, 7) is 1.96. The number of aromatic amines is 1. The molecule has 0 aliphatic rings. The van der Waals surface area contributed by atoms with E-state index < -0.39 is 0 Å². The summed E-state index contributed by atoms with van der Waals surface area (Å²) in [6.07, 6.45) is 1.60. The molecule has 0 aliphatic heterocycles. The molecule has 6 heteroatoms. The molecule has 2 heterocycles. The molecule has 3 rings (SSSR count). The van der Waals surface area contributed by atoms with E-state index in [9.17, 15) is 4.79 Å². The van der Waals surface area contributed by atoms with Gasteiger partial charge in [0.2, 0.25) is 0 Å². The molecular weight excluding hydrogens is 277 g/mol. The second-order valence-electron chi connectivity index (χ2n) is 5.08. The largest absolute Gasteiger partial charge is 0.390 e. The summed E-state index contributed by atoms with van der Waals surface area (Å²) in [7, 11) is 0.804. The smallest absolute Gasteiger partial charge is 0.255 e. The number of hydrogen-bond acceptors (Lipinski definition) is 3. The number of nitrogens with one attached hydrogen (secondary N) is 2. The van der Waals surface area contributed by atoms with Gasteiger partial charge in [-0.2, -0.15) is 0 Å². The van der Waals surface area contributed by atoms with Gasteiger partial charge < -0.3 is 15.4 Å². The van der Waals surface area contributed by atoms with Gasteiger partial charge in [-0.25, -0.2) is 4.98 Å². The fraction of sp³-hybridized carbons (Fsp3) is 0.125. The highest BCUT2D eigenvalue weighted by Crippen LogP contribution is 2.18. The van der Waals surface area contributed by atoms with Crippen molar-refractivity contribution in [2.75, 3.05) is 5.32 Å². The van der Waals surface area contributed by atoms with Crippen LogP contribution in [0.25, 0.3) is 11.0 Å². The van der Waals surface area contributed by atoms with E-state index in [0.717, 1.165) is 18.1 Å². The summed E-state index contributed by atoms with van der Waals surface area (Å²) in [5.74, 6) is -0.142. The van der Waals surface area contributed by atoms with Crippen LogP contribution in [0.2, 0.25) is 6.82 Å². The van der Waals surface area contributed by atoms with E-state index in [1.54, 1.807) is 6.20 Å². The average molecular weight is 293 g/mol. The first kappa shape index (κ1) is 14.3. The van der Waals surface area contributed by atoms with Crippen LogP contribution >= 0.6 is 0 Å². The van der Waals surface area contributed by atoms with Crippen LogP contribution in [0, 0.1) is 0 Å². The second kappa shape index (κ2) is 6.03. The number of amides is 1. The zero-order valence-corrected chi connectivity index (χ0v) is 12.3. The van der Waals surface area contributed by atoms with Gasteiger partial charge in [-0.15, -0.1) is 0 Å². The number of H-pyrrole nitrogens is 1. The monoisotopic (exact) mass is 293 g/mol. The number of hydrogen-bond donors (Lipinski definition) is 3. The molecule has 5 nitrogen and oxygen atoms in total. The predicted octanol–water partition coefficient (Wildman–Crippen LogP) is 1.42. The van der Waals surface area contributed by atoms with Gasteiger partial charge in [0.05, 0.1) is 18.5 Å². The van der Waals surface area contributed by atoms with Crippen molar-refractivity contribution in [1.29, 1.82) is 0 Å². The molecule has 22 heavy (non-hydrogen) atoms. The van der Waals surface area contributed by atoms with Crippen LogP contribution < -0.4 is 10.8 Å². The number of aliphatic hydroxyl groups excluding tert-OH is 1. The van der Waals surface area contributed by atoms with E-state index >= 15 is 0 Å². The molecule has 0 saturated carbocycles. The average Bonchev–Trinajstić information content (AvgIpc) is 2.97. The fourth-order valence-electron chi connectivity index (χ4n) is 2.47. The zero-order valence-electron chi connectivity index (χ0n) is 12.3. The number of carbonyl (C=O) groups is 1. The van der Waals surface area contributed by atoms with Crippen LogP contribution in [0.1, 0.15) is 16.1 Å². The van der Waals surface area contributed by atoms with Gasteiger partial charge in [-0.1, -0.05) is 36.6 Å². The number of nitrogens with zero attached hydrogens (tertiary/aromatic N) is 1. The number of pyridine rings is 1. The summed E-state index contributed by atoms with van der Waals surface area (Å²) >= 11 is 0. The molecule has 0 saturated heterocycles. The van der Waals surface area contributed by atoms with Crippen molar-refractivity contribution >= 4 is 35.4 Å². The molecule has 0 unspecified atom stereocenters. The van der Waals surface area contributed by atoms with Crippen molar-refractivity contribution in [3.8, 4) is 0 Å². The summed E-state index contributed by atoms with van der Waals surface area (Å²) in [5, 5.41) is 12.9. The van der Waals surface area contributed by atoms with Crippen LogP contribution in [-0.4, -0.2) is 28.3 Å². The van der Waals surface area contributed by atoms with Crippen LogP contribution in [0.3, 0.4) is 0 Å². The minimum Gasteiger partial charge on any atom is -0.390 e. The highest BCUT2D eigenvalue weighted by Gasteiger charge is 2.11. The van der Waals surface area contributed by atoms with E-state index in [1.165, 1.54) is 0 Å². The molecule has 1 amide bonds. The third-order valence-corrected chi connectivity index (χ3v) is 3.60. The lowest BCUT2D eigenvalue weighted by molar-refractivity contribution is 0.102. The first-order valence-corrected chi connectivity index (χ1v) is 7.19. The molecule has 0 fully saturated rings. The number of carbonyl (C=O) groups excluding carboxylic acids is 1. The first-order chi connectivity index (χ1) is 10.7. The van der Waals surface area contributed by atoms with Crippen LogP contribution in [-0.2, 0) is 6.61 Å². The Labute approximate surface area is 128 Å². The Hall–Kier alpha value is -2.60. The van der Waals surface area contributed by atoms with Gasteiger partial charge in [0.15, 0.2) is 7.28 Å². The maximum Gasteiger partial charge on any atom is 0.255 e. The lowest BCUT2D eigenvalue weighted by Crippen LogP contribution is -2.24. The molecule has 0 atom stereocenters. The Balaban J connectivity index is 1.87. The summed E-state index contributed by atoms with van der Waals surface area (Å²) in [4.78, 5) is 19.7. The first-order valence-electron chi connectivity index (χ1n) is 7.19. The Morgan fingerprint density at radius 2 is 2.18 bits per heavy atom.